The standard InChI is InChI=1S/C17H23Cl/c1-12-14(9-10-17(12)18)11-15-7-4-6-13-5-2-3-8-16(13)15/h2-3,5,8,12,14-15,17H,4,6-7,9-11H2,1H3. The second-order valence-electron chi connectivity index (χ2n) is 6.24. The molecule has 3 rings (SSSR count). The van der Waals surface area contributed by atoms with Crippen molar-refractivity contribution in [2.24, 2.45) is 11.8 Å². The highest BCUT2D eigenvalue weighted by Gasteiger charge is 2.34. The summed E-state index contributed by atoms with van der Waals surface area (Å²) < 4.78 is 0. The fourth-order valence-electron chi connectivity index (χ4n) is 3.99. The molecular formula is C17H23Cl. The van der Waals surface area contributed by atoms with Crippen LogP contribution in [-0.2, 0) is 6.42 Å². The largest absolute Gasteiger partial charge is 0.123 e. The molecule has 18 heavy (non-hydrogen) atoms. The summed E-state index contributed by atoms with van der Waals surface area (Å²) >= 11 is 6.38. The molecule has 1 aromatic rings. The van der Waals surface area contributed by atoms with E-state index in [0.717, 1.165) is 11.8 Å². The lowest BCUT2D eigenvalue weighted by Gasteiger charge is -2.29. The topological polar surface area (TPSA) is 0 Å². The molecule has 0 nitrogen and oxygen atoms in total. The second-order valence-corrected chi connectivity index (χ2v) is 6.80. The number of alkyl halides is 1. The summed E-state index contributed by atoms with van der Waals surface area (Å²) in [5, 5.41) is 0.425. The van der Waals surface area contributed by atoms with Crippen LogP contribution in [0.3, 0.4) is 0 Å². The molecule has 1 heteroatoms. The van der Waals surface area contributed by atoms with Crippen molar-refractivity contribution in [1.29, 1.82) is 0 Å². The van der Waals surface area contributed by atoms with Crippen molar-refractivity contribution in [3.05, 3.63) is 35.4 Å². The zero-order valence-electron chi connectivity index (χ0n) is 11.2. The summed E-state index contributed by atoms with van der Waals surface area (Å²) in [5.74, 6) is 2.36. The number of rotatable bonds is 2. The lowest BCUT2D eigenvalue weighted by atomic mass is 9.76. The summed E-state index contributed by atoms with van der Waals surface area (Å²) in [6.45, 7) is 2.35. The second kappa shape index (κ2) is 5.25. The summed E-state index contributed by atoms with van der Waals surface area (Å²) in [6, 6.07) is 9.08. The van der Waals surface area contributed by atoms with E-state index in [1.807, 2.05) is 0 Å². The first-order chi connectivity index (χ1) is 8.75. The molecule has 0 aliphatic heterocycles. The van der Waals surface area contributed by atoms with Gasteiger partial charge in [-0.05, 0) is 67.4 Å². The lowest BCUT2D eigenvalue weighted by Crippen LogP contribution is -2.17. The summed E-state index contributed by atoms with van der Waals surface area (Å²) in [7, 11) is 0. The molecule has 1 aromatic carbocycles. The Hall–Kier alpha value is -0.490. The smallest absolute Gasteiger partial charge is 0.0364 e. The molecule has 4 atom stereocenters. The molecule has 0 radical (unpaired) electrons. The molecule has 1 saturated carbocycles. The van der Waals surface area contributed by atoms with Crippen molar-refractivity contribution >= 4 is 11.6 Å². The molecular weight excluding hydrogens is 240 g/mol. The van der Waals surface area contributed by atoms with E-state index in [0.29, 0.717) is 11.3 Å². The molecule has 0 bridgehead atoms. The fourth-order valence-corrected chi connectivity index (χ4v) is 4.32. The third-order valence-corrected chi connectivity index (χ3v) is 5.82. The van der Waals surface area contributed by atoms with Crippen molar-refractivity contribution in [2.45, 2.75) is 56.7 Å². The van der Waals surface area contributed by atoms with Crippen molar-refractivity contribution in [1.82, 2.24) is 0 Å². The maximum Gasteiger partial charge on any atom is 0.0364 e. The van der Waals surface area contributed by atoms with Gasteiger partial charge in [0.15, 0.2) is 0 Å². The number of hydrogen-bond donors (Lipinski definition) is 0. The van der Waals surface area contributed by atoms with E-state index in [1.165, 1.54) is 38.5 Å². The zero-order valence-corrected chi connectivity index (χ0v) is 12.0. The number of benzene rings is 1. The Labute approximate surface area is 116 Å². The molecule has 1 fully saturated rings. The van der Waals surface area contributed by atoms with Crippen LogP contribution in [0.2, 0.25) is 0 Å². The van der Waals surface area contributed by atoms with Gasteiger partial charge in [0.1, 0.15) is 0 Å². The predicted octanol–water partition coefficient (Wildman–Crippen LogP) is 5.15. The van der Waals surface area contributed by atoms with E-state index in [-0.39, 0.29) is 0 Å². The Balaban J connectivity index is 1.75. The van der Waals surface area contributed by atoms with Gasteiger partial charge in [-0.25, -0.2) is 0 Å². The van der Waals surface area contributed by atoms with E-state index in [9.17, 15) is 0 Å². The average Bonchev–Trinajstić information content (AvgIpc) is 2.71. The van der Waals surface area contributed by atoms with Gasteiger partial charge in [0.25, 0.3) is 0 Å². The van der Waals surface area contributed by atoms with Crippen LogP contribution in [0.25, 0.3) is 0 Å². The van der Waals surface area contributed by atoms with Crippen molar-refractivity contribution in [2.75, 3.05) is 0 Å². The first-order valence-corrected chi connectivity index (χ1v) is 7.91. The minimum atomic E-state index is 0.425. The zero-order chi connectivity index (χ0) is 12.5. The monoisotopic (exact) mass is 262 g/mol. The fraction of sp³-hybridized carbons (Fsp3) is 0.647. The van der Waals surface area contributed by atoms with Gasteiger partial charge in [0.2, 0.25) is 0 Å². The van der Waals surface area contributed by atoms with Crippen LogP contribution in [-0.4, -0.2) is 5.38 Å². The van der Waals surface area contributed by atoms with Crippen molar-refractivity contribution < 1.29 is 0 Å². The van der Waals surface area contributed by atoms with Crippen LogP contribution in [0.15, 0.2) is 24.3 Å². The van der Waals surface area contributed by atoms with E-state index in [1.54, 1.807) is 11.1 Å². The first-order valence-electron chi connectivity index (χ1n) is 7.47. The summed E-state index contributed by atoms with van der Waals surface area (Å²) in [5.41, 5.74) is 3.23. The van der Waals surface area contributed by atoms with Crippen LogP contribution in [0, 0.1) is 11.8 Å². The maximum atomic E-state index is 6.38. The minimum absolute atomic E-state index is 0.425. The van der Waals surface area contributed by atoms with Gasteiger partial charge in [0.05, 0.1) is 0 Å². The summed E-state index contributed by atoms with van der Waals surface area (Å²) in [4.78, 5) is 0. The number of halogens is 1. The van der Waals surface area contributed by atoms with E-state index in [2.05, 4.69) is 31.2 Å². The predicted molar refractivity (Wildman–Crippen MR) is 78.3 cm³/mol. The van der Waals surface area contributed by atoms with Gasteiger partial charge in [-0.3, -0.25) is 0 Å². The minimum Gasteiger partial charge on any atom is -0.123 e. The Bertz CT molecular complexity index is 412. The van der Waals surface area contributed by atoms with Gasteiger partial charge >= 0.3 is 0 Å². The normalized spacial score (nSPS) is 35.4. The van der Waals surface area contributed by atoms with Crippen LogP contribution in [0.1, 0.15) is 56.1 Å². The molecule has 2 aliphatic carbocycles. The summed E-state index contributed by atoms with van der Waals surface area (Å²) in [6.07, 6.45) is 7.96. The molecule has 0 saturated heterocycles. The Morgan fingerprint density at radius 3 is 2.78 bits per heavy atom. The van der Waals surface area contributed by atoms with Gasteiger partial charge in [-0.15, -0.1) is 11.6 Å². The van der Waals surface area contributed by atoms with Gasteiger partial charge in [-0.2, -0.15) is 0 Å². The highest BCUT2D eigenvalue weighted by molar-refractivity contribution is 6.20. The van der Waals surface area contributed by atoms with E-state index in [4.69, 9.17) is 11.6 Å². The molecule has 2 aliphatic rings. The lowest BCUT2D eigenvalue weighted by molar-refractivity contribution is 0.344. The van der Waals surface area contributed by atoms with Crippen LogP contribution in [0.4, 0.5) is 0 Å². The van der Waals surface area contributed by atoms with Crippen LogP contribution in [0.5, 0.6) is 0 Å². The average molecular weight is 263 g/mol. The number of hydrogen-bond acceptors (Lipinski definition) is 0. The molecule has 0 heterocycles. The van der Waals surface area contributed by atoms with Gasteiger partial charge < -0.3 is 0 Å². The SMILES string of the molecule is CC1C(Cl)CCC1CC1CCCc2ccccc21. The van der Waals surface area contributed by atoms with Crippen molar-refractivity contribution in [3.63, 3.8) is 0 Å². The molecule has 0 N–H and O–H groups in total. The van der Waals surface area contributed by atoms with Crippen LogP contribution >= 0.6 is 11.6 Å². The molecule has 0 amide bonds. The Morgan fingerprint density at radius 1 is 1.17 bits per heavy atom. The van der Waals surface area contributed by atoms with Crippen molar-refractivity contribution in [3.8, 4) is 0 Å². The first kappa shape index (κ1) is 12.5. The maximum absolute atomic E-state index is 6.38. The third-order valence-electron chi connectivity index (χ3n) is 5.21. The van der Waals surface area contributed by atoms with E-state index < -0.39 is 0 Å². The molecule has 0 spiro atoms. The third kappa shape index (κ3) is 2.32. The highest BCUT2D eigenvalue weighted by Crippen LogP contribution is 2.44. The molecule has 0 aromatic heterocycles. The number of fused-ring (bicyclic) bond motifs is 1. The van der Waals surface area contributed by atoms with Gasteiger partial charge in [0, 0.05) is 5.38 Å². The number of aryl methyl sites for hydroxylation is 1. The highest BCUT2D eigenvalue weighted by atomic mass is 35.5. The van der Waals surface area contributed by atoms with Crippen LogP contribution < -0.4 is 0 Å². The van der Waals surface area contributed by atoms with Gasteiger partial charge in [-0.1, -0.05) is 31.2 Å². The Kier molecular flexibility index (Phi) is 3.66. The molecule has 98 valence electrons. The van der Waals surface area contributed by atoms with E-state index >= 15 is 0 Å². The molecule has 4 unspecified atom stereocenters. The quantitative estimate of drug-likeness (QED) is 0.647. The Morgan fingerprint density at radius 2 is 2.00 bits per heavy atom.